The molecule has 1 unspecified atom stereocenters. The molecule has 6 aromatic heterocycles. The maximum atomic E-state index is 13.6. The van der Waals surface area contributed by atoms with Crippen LogP contribution in [0.3, 0.4) is 0 Å². The highest BCUT2D eigenvalue weighted by Gasteiger charge is 2.48. The summed E-state index contributed by atoms with van der Waals surface area (Å²) in [6.45, 7) is 35.6. The third kappa shape index (κ3) is 34.1. The highest BCUT2D eigenvalue weighted by atomic mass is 32.2. The highest BCUT2D eigenvalue weighted by molar-refractivity contribution is 7.86. The van der Waals surface area contributed by atoms with Crippen LogP contribution < -0.4 is 26.2 Å². The Morgan fingerprint density at radius 1 is 0.500 bits per heavy atom. The van der Waals surface area contributed by atoms with Crippen LogP contribution >= 0.6 is 34.0 Å². The summed E-state index contributed by atoms with van der Waals surface area (Å²) in [5.41, 5.74) is 14.0. The van der Waals surface area contributed by atoms with Gasteiger partial charge in [0.1, 0.15) is 47.3 Å². The Kier molecular flexibility index (Phi) is 49.4. The van der Waals surface area contributed by atoms with Crippen molar-refractivity contribution in [3.8, 4) is 33.4 Å². The minimum atomic E-state index is -4.44. The Morgan fingerprint density at radius 2 is 0.897 bits per heavy atom. The number of thiophene rings is 3. The molecule has 9 heterocycles. The van der Waals surface area contributed by atoms with E-state index in [-0.39, 0.29) is 83.7 Å². The van der Waals surface area contributed by atoms with E-state index in [1.54, 1.807) is 41.7 Å². The van der Waals surface area contributed by atoms with Crippen LogP contribution in [-0.4, -0.2) is 221 Å². The van der Waals surface area contributed by atoms with Crippen LogP contribution in [0.15, 0.2) is 113 Å². The van der Waals surface area contributed by atoms with Gasteiger partial charge in [0, 0.05) is 150 Å². The monoisotopic (exact) mass is 2150 g/mol. The zero-order chi connectivity index (χ0) is 108. The number of aromatic nitrogens is 3. The van der Waals surface area contributed by atoms with Crippen molar-refractivity contribution in [2.24, 2.45) is 0 Å². The van der Waals surface area contributed by atoms with Crippen molar-refractivity contribution in [3.63, 3.8) is 0 Å². The largest absolute Gasteiger partial charge is 0.481 e. The molecular weight excluding hydrogens is 2020 g/mol. The van der Waals surface area contributed by atoms with Crippen molar-refractivity contribution in [1.82, 2.24) is 36.2 Å². The van der Waals surface area contributed by atoms with Crippen molar-refractivity contribution >= 4 is 194 Å². The number of benzene rings is 3. The zero-order valence-corrected chi connectivity index (χ0v) is 89.8. The number of allylic oxidation sites excluding steroid dienone is 4. The summed E-state index contributed by atoms with van der Waals surface area (Å²) in [4.78, 5) is 150. The summed E-state index contributed by atoms with van der Waals surface area (Å²) in [5.74, 6) is -5.13. The van der Waals surface area contributed by atoms with Gasteiger partial charge < -0.3 is 40.7 Å². The summed E-state index contributed by atoms with van der Waals surface area (Å²) < 4.78 is 133. The highest BCUT2D eigenvalue weighted by Crippen LogP contribution is 2.56. The van der Waals surface area contributed by atoms with E-state index in [2.05, 4.69) is 177 Å². The maximum absolute atomic E-state index is 13.6. The second kappa shape index (κ2) is 58.2. The number of anilines is 1. The van der Waals surface area contributed by atoms with Crippen molar-refractivity contribution in [2.45, 2.75) is 243 Å². The van der Waals surface area contributed by atoms with Gasteiger partial charge in [-0.3, -0.25) is 47.5 Å². The number of unbranched alkanes of at least 4 members (excludes halogenated alkanes) is 7. The number of ether oxygens (including phenoxy) is 2. The first-order valence-corrected chi connectivity index (χ1v) is 55.1. The number of esters is 1. The molecule has 790 valence electrons. The average molecular weight is 2150 g/mol. The Bertz CT molecular complexity index is 6830. The number of carbonyl (C=O) groups is 8. The second-order valence-electron chi connectivity index (χ2n) is 35.3. The standard InChI is InChI=1S/C61H72N8O12S4.C32H41N2O2S.C6H12O3.2CO2.CH4.2O3S/c1-8-11-14-25-68-49(60(4,5)43-35-41(54-39(52(43)68)20-27-82-54)37-31-45(56(72)62-10-3)66-46(32-37)57(73)63-22-9-2)17-16-18-50-61(6,7)44-36-42(55-40(21-28-83-55)53(44)69(50)26-15-12-13-19-51(70)71)38-33-47(58(74)64-23-29-84(76,77)78)67-48(34-38)59(75)65-24-30-85(79,80)81;1-7-10-12-16-34-21(4)32(5,6)25-20-24(31-23(30(25)34)15-17-37-31)22-18-26(28(35)13-9-3)33-27(19-22)29(36)14-11-8-2;1-4-8-6(3)9-5(2)7;2*2-1-3;;2*1-4(2)3/h16-18,20-21,27-28,31-36H,8-15,19,22-26,29-30H2,1-7H3,(H6-,62,63,64,65,70,71,72,73,74,75,76,77,78,79,80,81);15,17-20H,7-14,16H2,1-6H3;6H,4H2,1-3H3;;;1H4;;/q;+1;;;;;;/p+1. The number of ketones is 2. The minimum Gasteiger partial charge on any atom is -0.481 e. The van der Waals surface area contributed by atoms with E-state index < -0.39 is 101 Å². The molecule has 0 bridgehead atoms. The van der Waals surface area contributed by atoms with Crippen LogP contribution in [0.5, 0.6) is 0 Å². The quantitative estimate of drug-likeness (QED) is 0.00466. The normalized spacial score (nSPS) is 13.6. The fourth-order valence-corrected chi connectivity index (χ4v) is 20.6. The molecule has 9 aromatic rings. The lowest BCUT2D eigenvalue weighted by Gasteiger charge is -2.27. The van der Waals surface area contributed by atoms with Crippen molar-refractivity contribution in [1.29, 1.82) is 0 Å². The number of nitrogens with zero attached hydrogens (tertiary/aromatic N) is 6. The predicted octanol–water partition coefficient (Wildman–Crippen LogP) is 17.1. The van der Waals surface area contributed by atoms with Gasteiger partial charge in [0.2, 0.25) is 11.4 Å². The SMILES string of the molecule is C.CCCCC[N+]1=C(/C=C/C=C2/N(CCCCCC(=O)O)c3c(cc(-c4cc(C(=O)NCCS(=O)(=O)O)nc(C(=O)NCCS(=O)(=O)O)c4)c4sccc34)C2(C)C)C(C)(C)c2cc(-c3cc(C(=O)NCC)nc(C(=O)NCCC)c3)c3sccc3c21.CCCCC[N+]1=C(C)C(C)(C)c2cc(-c3cc(C(=O)CCC)nc(C(=O)CCCC)c3)c3sccc3c21.CCOC(C)OC(C)=O.O=C=O.O=C=O.O=S(=O)=O.O=S(=O)=O. The maximum Gasteiger partial charge on any atom is 0.425 e. The van der Waals surface area contributed by atoms with Crippen LogP contribution in [0.1, 0.15) is 301 Å². The van der Waals surface area contributed by atoms with E-state index in [1.165, 1.54) is 76.7 Å². The van der Waals surface area contributed by atoms with Crippen molar-refractivity contribution < 1.29 is 132 Å². The number of fused-ring (bicyclic) bond motifs is 9. The smallest absolute Gasteiger partial charge is 0.425 e. The van der Waals surface area contributed by atoms with Gasteiger partial charge in [0.25, 0.3) is 43.9 Å². The van der Waals surface area contributed by atoms with Crippen LogP contribution in [0.2, 0.25) is 0 Å². The summed E-state index contributed by atoms with van der Waals surface area (Å²) in [5, 5.41) is 29.5. The summed E-state index contributed by atoms with van der Waals surface area (Å²) >= 11 is 4.77. The summed E-state index contributed by atoms with van der Waals surface area (Å²) in [6.07, 6.45) is 19.1. The van der Waals surface area contributed by atoms with Gasteiger partial charge >= 0.3 is 45.5 Å². The van der Waals surface area contributed by atoms with Crippen LogP contribution in [-0.2, 0) is 95.9 Å². The molecule has 0 fully saturated rings. The van der Waals surface area contributed by atoms with Gasteiger partial charge in [-0.15, -0.1) is 59.3 Å². The van der Waals surface area contributed by atoms with E-state index in [1.807, 2.05) is 57.3 Å². The molecule has 0 saturated heterocycles. The molecule has 1 atom stereocenters. The van der Waals surface area contributed by atoms with Gasteiger partial charge in [-0.05, 0) is 211 Å². The Hall–Kier alpha value is -12.4. The number of pyridine rings is 3. The third-order valence-corrected chi connectivity index (χ3v) is 28.2. The van der Waals surface area contributed by atoms with E-state index in [4.69, 9.17) is 49.2 Å². The van der Waals surface area contributed by atoms with Gasteiger partial charge in [0.15, 0.2) is 29.3 Å². The van der Waals surface area contributed by atoms with E-state index in [0.717, 1.165) is 129 Å². The molecule has 7 N–H and O–H groups in total. The number of nitrogens with one attached hydrogen (secondary N) is 4. The molecule has 12 rings (SSSR count). The van der Waals surface area contributed by atoms with Crippen LogP contribution in [0.4, 0.5) is 17.1 Å². The molecular formula is C102H130N10O27S7+2. The molecule has 44 heteroatoms. The summed E-state index contributed by atoms with van der Waals surface area (Å²) in [7, 11) is -15.1. The Balaban J connectivity index is 0.000000501. The molecule has 4 amide bonds. The van der Waals surface area contributed by atoms with Gasteiger partial charge in [-0.1, -0.05) is 87.7 Å². The molecule has 146 heavy (non-hydrogen) atoms. The zero-order valence-electron chi connectivity index (χ0n) is 84.0. The molecule has 0 spiro atoms. The molecule has 3 aromatic carbocycles. The first kappa shape index (κ1) is 124. The third-order valence-electron chi connectivity index (χ3n) is 23.9. The lowest BCUT2D eigenvalue weighted by Crippen LogP contribution is -2.32. The van der Waals surface area contributed by atoms with Gasteiger partial charge in [0.05, 0.1) is 38.8 Å². The van der Waals surface area contributed by atoms with E-state index in [0.29, 0.717) is 86.4 Å². The number of hydrogen-bond donors (Lipinski definition) is 7. The molecule has 3 aliphatic heterocycles. The molecule has 0 saturated carbocycles. The number of amides is 4. The number of Topliss-reactive ketones (excluding diaryl/α,β-unsaturated/α-hetero) is 2. The number of carboxylic acid groups (broad SMARTS) is 1. The van der Waals surface area contributed by atoms with Crippen molar-refractivity contribution in [2.75, 3.05) is 68.8 Å². The number of carboxylic acids is 1. The summed E-state index contributed by atoms with van der Waals surface area (Å²) in [6, 6.07) is 23.2. The number of carbonyl (C=O) groups excluding carboxylic acids is 11. The molecule has 37 nitrogen and oxygen atoms in total. The second-order valence-corrected chi connectivity index (χ2v) is 42.0. The Labute approximate surface area is 865 Å². The number of rotatable bonds is 42. The predicted molar refractivity (Wildman–Crippen MR) is 559 cm³/mol. The Morgan fingerprint density at radius 3 is 1.32 bits per heavy atom. The first-order chi connectivity index (χ1) is 68.5. The fourth-order valence-electron chi connectivity index (χ4n) is 17.0. The van der Waals surface area contributed by atoms with Crippen molar-refractivity contribution in [3.05, 3.63) is 164 Å². The van der Waals surface area contributed by atoms with Crippen LogP contribution in [0.25, 0.3) is 63.6 Å². The minimum absolute atomic E-state index is 0. The molecule has 0 aliphatic carbocycles. The van der Waals surface area contributed by atoms with Crippen LogP contribution in [0, 0.1) is 0 Å². The van der Waals surface area contributed by atoms with Gasteiger partial charge in [-0.25, -0.2) is 15.0 Å². The average Bonchev–Trinajstić information content (AvgIpc) is 1.57. The first-order valence-electron chi connectivity index (χ1n) is 47.3. The van der Waals surface area contributed by atoms with E-state index >= 15 is 0 Å². The lowest BCUT2D eigenvalue weighted by atomic mass is 9.79. The topological polar surface area (TPSA) is 551 Å². The lowest BCUT2D eigenvalue weighted by molar-refractivity contribution is -0.438. The fraction of sp³-hybridized carbons (Fsp3) is 0.461. The van der Waals surface area contributed by atoms with E-state index in [9.17, 15) is 69.4 Å². The molecule has 0 radical (unpaired) electrons. The molecule has 3 aliphatic rings. The number of aliphatic carboxylic acids is 1. The van der Waals surface area contributed by atoms with Gasteiger partial charge in [-0.2, -0.15) is 45.2 Å². The number of hydrogen-bond acceptors (Lipinski definition) is 31.